The molecular formula is C15H23N3O2S. The van der Waals surface area contributed by atoms with Crippen molar-refractivity contribution >= 4 is 15.8 Å². The van der Waals surface area contributed by atoms with Crippen LogP contribution in [0.1, 0.15) is 18.1 Å². The van der Waals surface area contributed by atoms with Gasteiger partial charge >= 0.3 is 0 Å². The number of aliphatic imine (C=N–C) groups is 1. The Balaban J connectivity index is 1.94. The van der Waals surface area contributed by atoms with Crippen molar-refractivity contribution in [1.29, 1.82) is 0 Å². The average molecular weight is 309 g/mol. The number of nitrogens with one attached hydrogen (secondary N) is 1. The Bertz CT molecular complexity index is 611. The van der Waals surface area contributed by atoms with Crippen molar-refractivity contribution in [3.8, 4) is 0 Å². The van der Waals surface area contributed by atoms with Gasteiger partial charge in [0.2, 0.25) is 0 Å². The maximum absolute atomic E-state index is 11.5. The van der Waals surface area contributed by atoms with E-state index in [0.717, 1.165) is 25.5 Å². The molecule has 1 aliphatic heterocycles. The van der Waals surface area contributed by atoms with Gasteiger partial charge in [-0.25, -0.2) is 8.42 Å². The number of benzene rings is 1. The molecule has 1 N–H and O–H groups in total. The average Bonchev–Trinajstić information content (AvgIpc) is 2.51. The number of hydrogen-bond acceptors (Lipinski definition) is 3. The molecule has 1 aromatic rings. The standard InChI is InChI=1S/C15H23N3O2S/c1-3-21(19,20)11-9-17-15(16-2)18-10-8-13-6-4-5-7-14(13)12-18/h4-7H,3,8-12H2,1-2H3,(H,16,17). The molecule has 1 aliphatic rings. The quantitative estimate of drug-likeness (QED) is 0.667. The minimum Gasteiger partial charge on any atom is -0.355 e. The van der Waals surface area contributed by atoms with Gasteiger partial charge in [-0.05, 0) is 17.5 Å². The van der Waals surface area contributed by atoms with Crippen LogP contribution in [0.2, 0.25) is 0 Å². The molecule has 1 aromatic carbocycles. The summed E-state index contributed by atoms with van der Waals surface area (Å²) in [6.45, 7) is 3.79. The molecule has 1 heterocycles. The van der Waals surface area contributed by atoms with E-state index in [9.17, 15) is 8.42 Å². The Hall–Kier alpha value is -1.56. The van der Waals surface area contributed by atoms with Crippen molar-refractivity contribution < 1.29 is 8.42 Å². The molecule has 116 valence electrons. The van der Waals surface area contributed by atoms with Crippen molar-refractivity contribution in [2.75, 3.05) is 31.6 Å². The summed E-state index contributed by atoms with van der Waals surface area (Å²) in [6.07, 6.45) is 0.990. The van der Waals surface area contributed by atoms with Crippen LogP contribution in [0.3, 0.4) is 0 Å². The van der Waals surface area contributed by atoms with E-state index < -0.39 is 9.84 Å². The second kappa shape index (κ2) is 6.93. The van der Waals surface area contributed by atoms with E-state index in [1.807, 2.05) is 6.07 Å². The Kier molecular flexibility index (Phi) is 5.22. The maximum Gasteiger partial charge on any atom is 0.193 e. The third-order valence-corrected chi connectivity index (χ3v) is 5.48. The Morgan fingerprint density at radius 3 is 2.71 bits per heavy atom. The first kappa shape index (κ1) is 15.8. The molecule has 21 heavy (non-hydrogen) atoms. The predicted octanol–water partition coefficient (Wildman–Crippen LogP) is 1.05. The second-order valence-electron chi connectivity index (χ2n) is 5.15. The van der Waals surface area contributed by atoms with Crippen LogP contribution in [-0.2, 0) is 22.8 Å². The van der Waals surface area contributed by atoms with Crippen molar-refractivity contribution in [3.63, 3.8) is 0 Å². The fraction of sp³-hybridized carbons (Fsp3) is 0.533. The van der Waals surface area contributed by atoms with Crippen molar-refractivity contribution in [3.05, 3.63) is 35.4 Å². The van der Waals surface area contributed by atoms with Crippen LogP contribution in [-0.4, -0.2) is 50.9 Å². The highest BCUT2D eigenvalue weighted by atomic mass is 32.2. The van der Waals surface area contributed by atoms with E-state index in [0.29, 0.717) is 6.54 Å². The van der Waals surface area contributed by atoms with Crippen LogP contribution >= 0.6 is 0 Å². The van der Waals surface area contributed by atoms with Crippen molar-refractivity contribution in [1.82, 2.24) is 10.2 Å². The van der Waals surface area contributed by atoms with E-state index in [1.165, 1.54) is 11.1 Å². The Morgan fingerprint density at radius 2 is 2.05 bits per heavy atom. The van der Waals surface area contributed by atoms with Gasteiger partial charge in [0.15, 0.2) is 15.8 Å². The van der Waals surface area contributed by atoms with Gasteiger partial charge in [-0.1, -0.05) is 31.2 Å². The number of hydrogen-bond donors (Lipinski definition) is 1. The summed E-state index contributed by atoms with van der Waals surface area (Å²) in [5, 5.41) is 3.16. The molecule has 0 aromatic heterocycles. The fourth-order valence-corrected chi connectivity index (χ4v) is 3.17. The number of rotatable bonds is 4. The molecular weight excluding hydrogens is 286 g/mol. The molecule has 0 amide bonds. The van der Waals surface area contributed by atoms with Crippen LogP contribution in [0.15, 0.2) is 29.3 Å². The van der Waals surface area contributed by atoms with Gasteiger partial charge in [0, 0.05) is 32.4 Å². The van der Waals surface area contributed by atoms with E-state index in [4.69, 9.17) is 0 Å². The number of guanidine groups is 1. The summed E-state index contributed by atoms with van der Waals surface area (Å²) in [4.78, 5) is 6.43. The van der Waals surface area contributed by atoms with E-state index >= 15 is 0 Å². The van der Waals surface area contributed by atoms with Gasteiger partial charge in [-0.15, -0.1) is 0 Å². The first-order valence-corrected chi connectivity index (χ1v) is 9.10. The van der Waals surface area contributed by atoms with Crippen LogP contribution in [0, 0.1) is 0 Å². The summed E-state index contributed by atoms with van der Waals surface area (Å²) < 4.78 is 23.0. The molecule has 6 heteroatoms. The SMILES string of the molecule is CCS(=O)(=O)CCNC(=NC)N1CCc2ccccc2C1. The number of sulfone groups is 1. The summed E-state index contributed by atoms with van der Waals surface area (Å²) in [6, 6.07) is 8.41. The van der Waals surface area contributed by atoms with E-state index in [2.05, 4.69) is 33.4 Å². The van der Waals surface area contributed by atoms with Crippen molar-refractivity contribution in [2.24, 2.45) is 4.99 Å². The minimum atomic E-state index is -2.94. The van der Waals surface area contributed by atoms with Crippen LogP contribution < -0.4 is 5.32 Å². The van der Waals surface area contributed by atoms with E-state index in [-0.39, 0.29) is 11.5 Å². The topological polar surface area (TPSA) is 61.8 Å². The smallest absolute Gasteiger partial charge is 0.193 e. The van der Waals surface area contributed by atoms with Crippen LogP contribution in [0.4, 0.5) is 0 Å². The number of fused-ring (bicyclic) bond motifs is 1. The lowest BCUT2D eigenvalue weighted by atomic mass is 10.0. The highest BCUT2D eigenvalue weighted by molar-refractivity contribution is 7.91. The second-order valence-corrected chi connectivity index (χ2v) is 7.62. The first-order chi connectivity index (χ1) is 10.1. The number of nitrogens with zero attached hydrogens (tertiary/aromatic N) is 2. The van der Waals surface area contributed by atoms with Gasteiger partial charge < -0.3 is 10.2 Å². The normalized spacial score (nSPS) is 15.7. The molecule has 0 spiro atoms. The van der Waals surface area contributed by atoms with Crippen molar-refractivity contribution in [2.45, 2.75) is 19.9 Å². The van der Waals surface area contributed by atoms with Gasteiger partial charge in [0.25, 0.3) is 0 Å². The summed E-state index contributed by atoms with van der Waals surface area (Å²) in [7, 11) is -1.21. The lowest BCUT2D eigenvalue weighted by Crippen LogP contribution is -2.45. The Morgan fingerprint density at radius 1 is 1.33 bits per heavy atom. The van der Waals surface area contributed by atoms with Crippen LogP contribution in [0.5, 0.6) is 0 Å². The van der Waals surface area contributed by atoms with E-state index in [1.54, 1.807) is 14.0 Å². The summed E-state index contributed by atoms with van der Waals surface area (Å²) in [5.74, 6) is 1.10. The minimum absolute atomic E-state index is 0.146. The van der Waals surface area contributed by atoms with Crippen LogP contribution in [0.25, 0.3) is 0 Å². The van der Waals surface area contributed by atoms with Gasteiger partial charge in [-0.3, -0.25) is 4.99 Å². The highest BCUT2D eigenvalue weighted by Crippen LogP contribution is 2.18. The van der Waals surface area contributed by atoms with Gasteiger partial charge in [0.05, 0.1) is 5.75 Å². The first-order valence-electron chi connectivity index (χ1n) is 7.28. The predicted molar refractivity (Wildman–Crippen MR) is 86.2 cm³/mol. The molecule has 2 rings (SSSR count). The fourth-order valence-electron chi connectivity index (χ4n) is 2.47. The third-order valence-electron chi connectivity index (χ3n) is 3.78. The molecule has 0 bridgehead atoms. The zero-order valence-corrected chi connectivity index (χ0v) is 13.5. The maximum atomic E-state index is 11.5. The highest BCUT2D eigenvalue weighted by Gasteiger charge is 2.18. The molecule has 0 aliphatic carbocycles. The molecule has 0 saturated carbocycles. The molecule has 0 atom stereocenters. The molecule has 0 radical (unpaired) electrons. The monoisotopic (exact) mass is 309 g/mol. The summed E-state index contributed by atoms with van der Waals surface area (Å²) in [5.41, 5.74) is 2.70. The zero-order chi connectivity index (χ0) is 15.3. The molecule has 0 fully saturated rings. The molecule has 0 saturated heterocycles. The van der Waals surface area contributed by atoms with Gasteiger partial charge in [-0.2, -0.15) is 0 Å². The Labute approximate surface area is 127 Å². The zero-order valence-electron chi connectivity index (χ0n) is 12.7. The molecule has 0 unspecified atom stereocenters. The summed E-state index contributed by atoms with van der Waals surface area (Å²) >= 11 is 0. The lowest BCUT2D eigenvalue weighted by molar-refractivity contribution is 0.380. The third kappa shape index (κ3) is 4.20. The largest absolute Gasteiger partial charge is 0.355 e. The van der Waals surface area contributed by atoms with Gasteiger partial charge in [0.1, 0.15) is 0 Å². The molecule has 5 nitrogen and oxygen atoms in total. The lowest BCUT2D eigenvalue weighted by Gasteiger charge is -2.31.